The van der Waals surface area contributed by atoms with E-state index in [9.17, 15) is 4.79 Å². The van der Waals surface area contributed by atoms with Crippen LogP contribution in [0.15, 0.2) is 72.8 Å². The van der Waals surface area contributed by atoms with Gasteiger partial charge in [0.25, 0.3) is 0 Å². The number of unbranched alkanes of at least 4 members (excludes halogenated alkanes) is 4. The number of allylic oxidation sites excluding steroid dienone is 1. The molecule has 0 unspecified atom stereocenters. The number of hydrogen-bond donors (Lipinski definition) is 0. The minimum Gasteiger partial charge on any atom is -0.412 e. The first kappa shape index (κ1) is 23.0. The van der Waals surface area contributed by atoms with Gasteiger partial charge in [-0.3, -0.25) is 0 Å². The van der Waals surface area contributed by atoms with Crippen molar-refractivity contribution in [2.75, 3.05) is 0 Å². The van der Waals surface area contributed by atoms with E-state index in [2.05, 4.69) is 62.4 Å². The highest BCUT2D eigenvalue weighted by Gasteiger charge is 2.07. The normalized spacial score (nSPS) is 11.2. The van der Waals surface area contributed by atoms with Crippen molar-refractivity contribution in [1.82, 2.24) is 0 Å². The molecule has 0 aliphatic carbocycles. The number of benzene rings is 2. The molecule has 0 saturated heterocycles. The Labute approximate surface area is 190 Å². The van der Waals surface area contributed by atoms with Gasteiger partial charge < -0.3 is 4.74 Å². The first-order valence-corrected chi connectivity index (χ1v) is 12.2. The summed E-state index contributed by atoms with van der Waals surface area (Å²) in [7, 11) is 0. The zero-order valence-corrected chi connectivity index (χ0v) is 19.4. The lowest BCUT2D eigenvalue weighted by molar-refractivity contribution is -0.128. The maximum Gasteiger partial charge on any atom is 0.336 e. The topological polar surface area (TPSA) is 26.3 Å². The van der Waals surface area contributed by atoms with E-state index >= 15 is 0 Å². The van der Waals surface area contributed by atoms with E-state index in [-0.39, 0.29) is 5.97 Å². The highest BCUT2D eigenvalue weighted by Crippen LogP contribution is 2.34. The van der Waals surface area contributed by atoms with Crippen LogP contribution in [0.25, 0.3) is 21.6 Å². The molecule has 0 amide bonds. The van der Waals surface area contributed by atoms with Crippen LogP contribution < -0.4 is 4.74 Å². The highest BCUT2D eigenvalue weighted by atomic mass is 32.1. The summed E-state index contributed by atoms with van der Waals surface area (Å²) in [6.45, 7) is 4.38. The van der Waals surface area contributed by atoms with E-state index in [4.69, 9.17) is 4.74 Å². The number of aryl methyl sites for hydroxylation is 1. The molecule has 0 saturated carbocycles. The van der Waals surface area contributed by atoms with Gasteiger partial charge >= 0.3 is 5.97 Å². The Kier molecular flexibility index (Phi) is 9.11. The van der Waals surface area contributed by atoms with Gasteiger partial charge in [0.05, 0.1) is 0 Å². The molecule has 3 rings (SSSR count). The third-order valence-corrected chi connectivity index (χ3v) is 6.30. The first-order valence-electron chi connectivity index (χ1n) is 11.4. The van der Waals surface area contributed by atoms with Gasteiger partial charge in [0.2, 0.25) is 0 Å². The summed E-state index contributed by atoms with van der Waals surface area (Å²) < 4.78 is 5.43. The second-order valence-corrected chi connectivity index (χ2v) is 8.86. The molecular formula is C28H32O2S. The smallest absolute Gasteiger partial charge is 0.336 e. The largest absolute Gasteiger partial charge is 0.412 e. The average molecular weight is 433 g/mol. The van der Waals surface area contributed by atoms with Crippen molar-refractivity contribution in [3.8, 4) is 26.6 Å². The van der Waals surface area contributed by atoms with Crippen LogP contribution >= 0.6 is 11.3 Å². The Morgan fingerprint density at radius 3 is 2.13 bits per heavy atom. The van der Waals surface area contributed by atoms with Crippen LogP contribution in [0.5, 0.6) is 5.06 Å². The molecule has 0 N–H and O–H groups in total. The van der Waals surface area contributed by atoms with Crippen molar-refractivity contribution in [3.63, 3.8) is 0 Å². The van der Waals surface area contributed by atoms with Gasteiger partial charge in [-0.15, -0.1) is 0 Å². The van der Waals surface area contributed by atoms with Crippen LogP contribution in [0.1, 0.15) is 57.9 Å². The molecule has 0 aliphatic rings. The lowest BCUT2D eigenvalue weighted by atomic mass is 10.0. The van der Waals surface area contributed by atoms with E-state index in [0.29, 0.717) is 5.06 Å². The van der Waals surface area contributed by atoms with Gasteiger partial charge in [0.15, 0.2) is 5.06 Å². The highest BCUT2D eigenvalue weighted by molar-refractivity contribution is 7.17. The molecule has 0 bridgehead atoms. The van der Waals surface area contributed by atoms with Crippen LogP contribution in [0.3, 0.4) is 0 Å². The molecule has 2 nitrogen and oxygen atoms in total. The fraction of sp³-hybridized carbons (Fsp3) is 0.321. The van der Waals surface area contributed by atoms with E-state index in [0.717, 1.165) is 36.1 Å². The summed E-state index contributed by atoms with van der Waals surface area (Å²) in [6.07, 6.45) is 11.5. The SMILES string of the molecule is CCCC/C=C/C(=O)Oc1ccc(-c2ccc(-c3ccc(CCCCC)cc3)cc2)s1. The Hall–Kier alpha value is -2.65. The van der Waals surface area contributed by atoms with E-state index in [1.807, 2.05) is 18.2 Å². The van der Waals surface area contributed by atoms with Gasteiger partial charge in [0.1, 0.15) is 0 Å². The fourth-order valence-corrected chi connectivity index (χ4v) is 4.30. The van der Waals surface area contributed by atoms with Gasteiger partial charge in [-0.05, 0) is 53.6 Å². The molecular weight excluding hydrogens is 400 g/mol. The van der Waals surface area contributed by atoms with Gasteiger partial charge in [-0.1, -0.05) is 105 Å². The second-order valence-electron chi connectivity index (χ2n) is 7.82. The minimum atomic E-state index is -0.307. The number of rotatable bonds is 11. The zero-order valence-electron chi connectivity index (χ0n) is 18.6. The summed E-state index contributed by atoms with van der Waals surface area (Å²) in [5, 5.41) is 0.628. The van der Waals surface area contributed by atoms with E-state index in [1.54, 1.807) is 0 Å². The fourth-order valence-electron chi connectivity index (χ4n) is 3.43. The minimum absolute atomic E-state index is 0.307. The molecule has 1 heterocycles. The van der Waals surface area contributed by atoms with Crippen LogP contribution in [0, 0.1) is 0 Å². The molecule has 162 valence electrons. The Morgan fingerprint density at radius 1 is 0.806 bits per heavy atom. The van der Waals surface area contributed by atoms with E-state index < -0.39 is 0 Å². The number of thiophene rings is 1. The maximum atomic E-state index is 11.9. The monoisotopic (exact) mass is 432 g/mol. The molecule has 3 aromatic rings. The molecule has 0 fully saturated rings. The van der Waals surface area contributed by atoms with Crippen molar-refractivity contribution in [2.24, 2.45) is 0 Å². The van der Waals surface area contributed by atoms with Crippen LogP contribution in [0.2, 0.25) is 0 Å². The Bertz CT molecular complexity index is 965. The van der Waals surface area contributed by atoms with Crippen LogP contribution in [0.4, 0.5) is 0 Å². The summed E-state index contributed by atoms with van der Waals surface area (Å²) in [5.41, 5.74) is 4.99. The standard InChI is InChI=1S/C28H32O2S/c1-3-5-7-9-11-27(29)30-28-21-20-26(31-28)25-18-16-24(17-19-25)23-14-12-22(13-15-23)10-8-6-4-2/h9,11-21H,3-8,10H2,1-2H3/b11-9+. The number of hydrogen-bond acceptors (Lipinski definition) is 3. The van der Waals surface area contributed by atoms with Gasteiger partial charge in [0, 0.05) is 11.0 Å². The number of esters is 1. The third kappa shape index (κ3) is 7.22. The van der Waals surface area contributed by atoms with Crippen molar-refractivity contribution >= 4 is 17.3 Å². The molecule has 2 aromatic carbocycles. The average Bonchev–Trinajstić information content (AvgIpc) is 3.26. The zero-order chi connectivity index (χ0) is 21.9. The second kappa shape index (κ2) is 12.3. The summed E-state index contributed by atoms with van der Waals surface area (Å²) >= 11 is 1.49. The van der Waals surface area contributed by atoms with Crippen molar-refractivity contribution in [2.45, 2.75) is 58.8 Å². The number of carbonyl (C=O) groups excluding carboxylic acids is 1. The Morgan fingerprint density at radius 2 is 1.45 bits per heavy atom. The predicted molar refractivity (Wildman–Crippen MR) is 133 cm³/mol. The van der Waals surface area contributed by atoms with Crippen molar-refractivity contribution in [1.29, 1.82) is 0 Å². The molecule has 0 radical (unpaired) electrons. The van der Waals surface area contributed by atoms with Gasteiger partial charge in [-0.25, -0.2) is 4.79 Å². The molecule has 0 atom stereocenters. The molecule has 3 heteroatoms. The maximum absolute atomic E-state index is 11.9. The number of ether oxygens (including phenoxy) is 1. The summed E-state index contributed by atoms with van der Waals surface area (Å²) in [5.74, 6) is -0.307. The summed E-state index contributed by atoms with van der Waals surface area (Å²) in [4.78, 5) is 13.0. The summed E-state index contributed by atoms with van der Waals surface area (Å²) in [6, 6.07) is 21.4. The predicted octanol–water partition coefficient (Wildman–Crippen LogP) is 8.47. The van der Waals surface area contributed by atoms with Crippen molar-refractivity contribution < 1.29 is 9.53 Å². The third-order valence-electron chi connectivity index (χ3n) is 5.29. The van der Waals surface area contributed by atoms with Crippen LogP contribution in [-0.4, -0.2) is 5.97 Å². The molecule has 1 aromatic heterocycles. The molecule has 0 spiro atoms. The van der Waals surface area contributed by atoms with Crippen molar-refractivity contribution in [3.05, 3.63) is 78.4 Å². The molecule has 31 heavy (non-hydrogen) atoms. The van der Waals surface area contributed by atoms with E-state index in [1.165, 1.54) is 53.4 Å². The Balaban J connectivity index is 1.59. The number of carbonyl (C=O) groups is 1. The quantitative estimate of drug-likeness (QED) is 0.172. The molecule has 0 aliphatic heterocycles. The lowest BCUT2D eigenvalue weighted by Crippen LogP contribution is -2.01. The lowest BCUT2D eigenvalue weighted by Gasteiger charge is -2.06. The van der Waals surface area contributed by atoms with Crippen LogP contribution in [-0.2, 0) is 11.2 Å². The van der Waals surface area contributed by atoms with Gasteiger partial charge in [-0.2, -0.15) is 0 Å². The first-order chi connectivity index (χ1) is 15.2.